The number of amides is 1. The quantitative estimate of drug-likeness (QED) is 0.0205. The Morgan fingerprint density at radius 2 is 0.829 bits per heavy atom. The molecule has 0 spiro atoms. The molecular weight excluding hydrogens is 892 g/mol. The molecule has 9 nitrogen and oxygen atoms in total. The monoisotopic (exact) mass is 1010 g/mol. The number of phosphoric acid groups is 1. The van der Waals surface area contributed by atoms with E-state index in [1.54, 1.807) is 0 Å². The van der Waals surface area contributed by atoms with Crippen molar-refractivity contribution in [3.05, 3.63) is 24.3 Å². The Morgan fingerprint density at radius 1 is 0.486 bits per heavy atom. The van der Waals surface area contributed by atoms with E-state index in [0.29, 0.717) is 23.9 Å². The molecule has 0 aliphatic carbocycles. The van der Waals surface area contributed by atoms with E-state index < -0.39 is 20.0 Å². The lowest BCUT2D eigenvalue weighted by Crippen LogP contribution is -2.47. The number of rotatable bonds is 55. The van der Waals surface area contributed by atoms with Crippen molar-refractivity contribution in [3.63, 3.8) is 0 Å². The van der Waals surface area contributed by atoms with Crippen molar-refractivity contribution in [2.24, 2.45) is 0 Å². The number of likely N-dealkylation sites (N-methyl/N-ethyl adjacent to an activating group) is 1. The van der Waals surface area contributed by atoms with Gasteiger partial charge in [-0.25, -0.2) is 4.57 Å². The highest BCUT2D eigenvalue weighted by molar-refractivity contribution is 7.47. The molecule has 0 aromatic heterocycles. The summed E-state index contributed by atoms with van der Waals surface area (Å²) >= 11 is 0. The van der Waals surface area contributed by atoms with Gasteiger partial charge in [0.2, 0.25) is 5.91 Å². The normalized spacial score (nSPS) is 13.9. The molecule has 2 N–H and O–H groups in total. The van der Waals surface area contributed by atoms with Crippen molar-refractivity contribution >= 4 is 19.7 Å². The number of hydrogen-bond acceptors (Lipinski definition) is 6. The number of carbonyl (C=O) groups is 2. The number of carbonyl (C=O) groups excluding carboxylic acids is 2. The number of hydrogen-bond donors (Lipinski definition) is 2. The standard InChI is InChI=1S/C60H117N2O7P/c1-7-10-13-16-19-22-25-28-30-31-32-35-38-41-44-47-50-53-60(64)69-58(51-48-45-42-39-36-33-27-24-21-18-15-12-9-3)57(56-68-70(65,66)67-55-54-62(4,5)6)61-59(63)52-49-46-43-40-37-34-29-26-23-20-17-14-11-8-2/h28,30,48,51,57-58H,7-27,29,31-47,49-50,52-56H2,1-6H3,(H-,61,63,65,66)/p+1/b30-28+,51-48+. The predicted octanol–water partition coefficient (Wildman–Crippen LogP) is 18.2. The van der Waals surface area contributed by atoms with Crippen LogP contribution in [-0.2, 0) is 27.9 Å². The van der Waals surface area contributed by atoms with Gasteiger partial charge in [-0.2, -0.15) is 0 Å². The Labute approximate surface area is 434 Å². The van der Waals surface area contributed by atoms with Crippen LogP contribution < -0.4 is 5.32 Å². The average molecular weight is 1010 g/mol. The first-order valence-electron chi connectivity index (χ1n) is 30.2. The topological polar surface area (TPSA) is 111 Å². The molecule has 70 heavy (non-hydrogen) atoms. The van der Waals surface area contributed by atoms with Crippen LogP contribution in [0.4, 0.5) is 0 Å². The molecule has 3 atom stereocenters. The first-order valence-corrected chi connectivity index (χ1v) is 31.7. The molecule has 0 aliphatic heterocycles. The molecule has 0 aromatic carbocycles. The van der Waals surface area contributed by atoms with E-state index in [1.807, 2.05) is 33.3 Å². The van der Waals surface area contributed by atoms with Crippen LogP contribution >= 0.6 is 7.82 Å². The zero-order valence-corrected chi connectivity index (χ0v) is 48.2. The van der Waals surface area contributed by atoms with Crippen LogP contribution in [0.3, 0.4) is 0 Å². The fourth-order valence-corrected chi connectivity index (χ4v) is 9.67. The van der Waals surface area contributed by atoms with Crippen LogP contribution in [0.15, 0.2) is 24.3 Å². The Hall–Kier alpha value is -1.51. The third kappa shape index (κ3) is 51.4. The lowest BCUT2D eigenvalue weighted by atomic mass is 10.0. The molecule has 10 heteroatoms. The lowest BCUT2D eigenvalue weighted by Gasteiger charge is -2.27. The zero-order valence-electron chi connectivity index (χ0n) is 47.3. The highest BCUT2D eigenvalue weighted by atomic mass is 31.2. The second-order valence-electron chi connectivity index (χ2n) is 21.9. The second kappa shape index (κ2) is 51.0. The summed E-state index contributed by atoms with van der Waals surface area (Å²) in [7, 11) is 1.51. The maximum absolute atomic E-state index is 13.5. The van der Waals surface area contributed by atoms with Crippen molar-refractivity contribution in [1.29, 1.82) is 0 Å². The molecule has 414 valence electrons. The van der Waals surface area contributed by atoms with Gasteiger partial charge in [-0.05, 0) is 57.4 Å². The van der Waals surface area contributed by atoms with E-state index >= 15 is 0 Å². The lowest BCUT2D eigenvalue weighted by molar-refractivity contribution is -0.870. The van der Waals surface area contributed by atoms with Gasteiger partial charge in [0.25, 0.3) is 0 Å². The fraction of sp³-hybridized carbons (Fsp3) is 0.900. The molecule has 1 amide bonds. The molecule has 0 bridgehead atoms. The molecule has 0 fully saturated rings. The SMILES string of the molecule is CCCCCCCC/C=C/CCCCCCCCCC(=O)OC(/C=C/CCCCCCCCCCCCC)C(COP(=O)(O)OCC[N+](C)(C)C)NC(=O)CCCCCCCCCCCCCCCC. The van der Waals surface area contributed by atoms with Gasteiger partial charge in [0.05, 0.1) is 33.8 Å². The van der Waals surface area contributed by atoms with Crippen molar-refractivity contribution < 1.29 is 37.3 Å². The van der Waals surface area contributed by atoms with Gasteiger partial charge < -0.3 is 19.4 Å². The van der Waals surface area contributed by atoms with Gasteiger partial charge in [0.1, 0.15) is 19.3 Å². The van der Waals surface area contributed by atoms with Crippen LogP contribution in [-0.4, -0.2) is 74.3 Å². The van der Waals surface area contributed by atoms with E-state index in [1.165, 1.54) is 205 Å². The Kier molecular flexibility index (Phi) is 49.9. The van der Waals surface area contributed by atoms with Crippen LogP contribution in [0.5, 0.6) is 0 Å². The summed E-state index contributed by atoms with van der Waals surface area (Å²) in [6, 6.07) is -0.843. The fourth-order valence-electron chi connectivity index (χ4n) is 8.94. The van der Waals surface area contributed by atoms with Crippen LogP contribution in [0, 0.1) is 0 Å². The van der Waals surface area contributed by atoms with E-state index in [0.717, 1.165) is 57.8 Å². The molecule has 3 unspecified atom stereocenters. The summed E-state index contributed by atoms with van der Waals surface area (Å²) in [6.07, 6.45) is 58.7. The number of quaternary nitrogens is 1. The summed E-state index contributed by atoms with van der Waals surface area (Å²) in [6.45, 7) is 7.04. The average Bonchev–Trinajstić information content (AvgIpc) is 3.32. The summed E-state index contributed by atoms with van der Waals surface area (Å²) in [5, 5.41) is 3.06. The molecule has 0 saturated heterocycles. The molecule has 0 heterocycles. The zero-order chi connectivity index (χ0) is 51.5. The number of esters is 1. The third-order valence-electron chi connectivity index (χ3n) is 13.6. The van der Waals surface area contributed by atoms with Gasteiger partial charge in [-0.15, -0.1) is 0 Å². The van der Waals surface area contributed by atoms with Gasteiger partial charge in [-0.3, -0.25) is 18.6 Å². The highest BCUT2D eigenvalue weighted by Crippen LogP contribution is 2.43. The van der Waals surface area contributed by atoms with Crippen LogP contribution in [0.1, 0.15) is 297 Å². The Morgan fingerprint density at radius 3 is 1.21 bits per heavy atom. The molecular formula is C60H118N2O7P+. The van der Waals surface area contributed by atoms with E-state index in [2.05, 4.69) is 38.2 Å². The number of allylic oxidation sites excluding steroid dienone is 3. The Bertz CT molecular complexity index is 1250. The minimum absolute atomic E-state index is 0.0431. The summed E-state index contributed by atoms with van der Waals surface area (Å²) in [5.41, 5.74) is 0. The molecule has 0 rings (SSSR count). The van der Waals surface area contributed by atoms with Gasteiger partial charge >= 0.3 is 13.8 Å². The first-order chi connectivity index (χ1) is 33.9. The van der Waals surface area contributed by atoms with Crippen molar-refractivity contribution in [2.45, 2.75) is 309 Å². The predicted molar refractivity (Wildman–Crippen MR) is 300 cm³/mol. The highest BCUT2D eigenvalue weighted by Gasteiger charge is 2.30. The number of ether oxygens (including phenoxy) is 1. The van der Waals surface area contributed by atoms with Gasteiger partial charge in [0.15, 0.2) is 0 Å². The molecule has 0 radical (unpaired) electrons. The summed E-state index contributed by atoms with van der Waals surface area (Å²) in [5.74, 6) is -0.495. The second-order valence-corrected chi connectivity index (χ2v) is 23.3. The van der Waals surface area contributed by atoms with Crippen molar-refractivity contribution in [3.8, 4) is 0 Å². The molecule has 0 saturated carbocycles. The van der Waals surface area contributed by atoms with Crippen molar-refractivity contribution in [1.82, 2.24) is 5.32 Å². The van der Waals surface area contributed by atoms with Crippen LogP contribution in [0.25, 0.3) is 0 Å². The smallest absolute Gasteiger partial charge is 0.456 e. The van der Waals surface area contributed by atoms with Crippen LogP contribution in [0.2, 0.25) is 0 Å². The molecule has 0 aliphatic rings. The number of phosphoric ester groups is 1. The number of unbranched alkanes of at least 4 members (excludes halogenated alkanes) is 37. The summed E-state index contributed by atoms with van der Waals surface area (Å²) in [4.78, 5) is 37.6. The third-order valence-corrected chi connectivity index (χ3v) is 14.6. The maximum Gasteiger partial charge on any atom is 0.472 e. The minimum atomic E-state index is -4.44. The van der Waals surface area contributed by atoms with Gasteiger partial charge in [-0.1, -0.05) is 251 Å². The molecule has 0 aromatic rings. The number of nitrogens with one attached hydrogen (secondary N) is 1. The Balaban J connectivity index is 5.31. The van der Waals surface area contributed by atoms with Crippen molar-refractivity contribution in [2.75, 3.05) is 40.9 Å². The maximum atomic E-state index is 13.5. The minimum Gasteiger partial charge on any atom is -0.456 e. The van der Waals surface area contributed by atoms with E-state index in [4.69, 9.17) is 13.8 Å². The largest absolute Gasteiger partial charge is 0.472 e. The first kappa shape index (κ1) is 68.5. The van der Waals surface area contributed by atoms with E-state index in [9.17, 15) is 19.0 Å². The van der Waals surface area contributed by atoms with E-state index in [-0.39, 0.29) is 25.1 Å². The van der Waals surface area contributed by atoms with Gasteiger partial charge in [0, 0.05) is 12.8 Å². The summed E-state index contributed by atoms with van der Waals surface area (Å²) < 4.78 is 30.7. The number of nitrogens with zero attached hydrogens (tertiary/aromatic N) is 1.